The van der Waals surface area contributed by atoms with Gasteiger partial charge in [-0.15, -0.1) is 0 Å². The van der Waals surface area contributed by atoms with Crippen LogP contribution in [0, 0.1) is 5.82 Å². The molecule has 0 heterocycles. The van der Waals surface area contributed by atoms with Crippen LogP contribution in [-0.2, 0) is 11.2 Å². The van der Waals surface area contributed by atoms with E-state index >= 15 is 0 Å². The second kappa shape index (κ2) is 5.37. The summed E-state index contributed by atoms with van der Waals surface area (Å²) in [6, 6.07) is 4.42. The number of carbonyl (C=O) groups is 1. The van der Waals surface area contributed by atoms with Crippen LogP contribution in [0.25, 0.3) is 0 Å². The van der Waals surface area contributed by atoms with E-state index in [2.05, 4.69) is 15.9 Å². The quantitative estimate of drug-likeness (QED) is 0.916. The van der Waals surface area contributed by atoms with Crippen molar-refractivity contribution in [3.05, 3.63) is 34.1 Å². The zero-order valence-electron chi connectivity index (χ0n) is 8.34. The van der Waals surface area contributed by atoms with Crippen LogP contribution in [0.3, 0.4) is 0 Å². The van der Waals surface area contributed by atoms with Gasteiger partial charge in [-0.05, 0) is 30.2 Å². The van der Waals surface area contributed by atoms with Crippen LogP contribution >= 0.6 is 15.9 Å². The molecule has 1 aromatic carbocycles. The van der Waals surface area contributed by atoms with Crippen molar-refractivity contribution in [2.75, 3.05) is 0 Å². The molecule has 1 N–H and O–H groups in total. The highest BCUT2D eigenvalue weighted by molar-refractivity contribution is 9.10. The zero-order valence-corrected chi connectivity index (χ0v) is 9.92. The number of hydrogen-bond donors (Lipinski definition) is 1. The third kappa shape index (κ3) is 3.39. The number of carbonyl (C=O) groups excluding carboxylic acids is 1. The summed E-state index contributed by atoms with van der Waals surface area (Å²) < 4.78 is 14.0. The van der Waals surface area contributed by atoms with Crippen LogP contribution in [0.4, 0.5) is 4.39 Å². The molecular weight excluding hydrogens is 263 g/mol. The van der Waals surface area contributed by atoms with E-state index in [1.54, 1.807) is 19.1 Å². The molecular formula is C11H12BrFO2. The molecule has 0 aromatic heterocycles. The molecule has 0 aliphatic heterocycles. The van der Waals surface area contributed by atoms with Crippen molar-refractivity contribution in [3.63, 3.8) is 0 Å². The molecule has 15 heavy (non-hydrogen) atoms. The Labute approximate surface area is 96.2 Å². The zero-order chi connectivity index (χ0) is 11.4. The number of rotatable bonds is 4. The monoisotopic (exact) mass is 274 g/mol. The second-order valence-corrected chi connectivity index (χ2v) is 4.22. The smallest absolute Gasteiger partial charge is 0.165 e. The second-order valence-electron chi connectivity index (χ2n) is 3.30. The Bertz CT molecular complexity index is 366. The summed E-state index contributed by atoms with van der Waals surface area (Å²) in [5.74, 6) is -0.774. The van der Waals surface area contributed by atoms with Crippen LogP contribution in [-0.4, -0.2) is 17.0 Å². The number of hydrogen-bond acceptors (Lipinski definition) is 2. The third-order valence-corrected chi connectivity index (χ3v) is 2.62. The van der Waals surface area contributed by atoms with Crippen LogP contribution in [0.15, 0.2) is 22.7 Å². The average Bonchev–Trinajstić information content (AvgIpc) is 2.22. The van der Waals surface area contributed by atoms with Gasteiger partial charge in [-0.3, -0.25) is 4.79 Å². The average molecular weight is 275 g/mol. The van der Waals surface area contributed by atoms with Crippen LogP contribution < -0.4 is 0 Å². The van der Waals surface area contributed by atoms with E-state index in [0.29, 0.717) is 12.0 Å². The maximum Gasteiger partial charge on any atom is 0.165 e. The Kier molecular flexibility index (Phi) is 4.42. The van der Waals surface area contributed by atoms with Gasteiger partial charge in [0.2, 0.25) is 0 Å². The summed E-state index contributed by atoms with van der Waals surface area (Å²) in [5.41, 5.74) is 0.307. The molecule has 82 valence electrons. The molecule has 1 aromatic rings. The minimum Gasteiger partial charge on any atom is -0.385 e. The molecule has 0 amide bonds. The lowest BCUT2D eigenvalue weighted by Crippen LogP contribution is -2.21. The molecule has 0 saturated carbocycles. The number of ketones is 1. The van der Waals surface area contributed by atoms with Gasteiger partial charge in [-0.2, -0.15) is 0 Å². The fourth-order valence-corrected chi connectivity index (χ4v) is 1.62. The summed E-state index contributed by atoms with van der Waals surface area (Å²) in [5, 5.41) is 9.26. The minimum absolute atomic E-state index is 0.0692. The number of Topliss-reactive ketones (excluding diaryl/α,β-unsaturated/α-hetero) is 1. The van der Waals surface area contributed by atoms with E-state index in [4.69, 9.17) is 0 Å². The molecule has 1 rings (SSSR count). The van der Waals surface area contributed by atoms with Crippen molar-refractivity contribution in [1.29, 1.82) is 0 Å². The van der Waals surface area contributed by atoms with Crippen molar-refractivity contribution in [1.82, 2.24) is 0 Å². The van der Waals surface area contributed by atoms with E-state index in [0.717, 1.165) is 4.47 Å². The topological polar surface area (TPSA) is 37.3 Å². The molecule has 0 aliphatic rings. The minimum atomic E-state index is -0.997. The lowest BCUT2D eigenvalue weighted by atomic mass is 10.0. The normalized spacial score (nSPS) is 12.5. The Morgan fingerprint density at radius 3 is 2.87 bits per heavy atom. The highest BCUT2D eigenvalue weighted by Crippen LogP contribution is 2.16. The fraction of sp³-hybridized carbons (Fsp3) is 0.364. The first kappa shape index (κ1) is 12.3. The SMILES string of the molecule is CCC(O)C(=O)Cc1cc(Br)ccc1F. The number of aliphatic hydroxyl groups excluding tert-OH is 1. The molecule has 0 aliphatic carbocycles. The summed E-state index contributed by atoms with van der Waals surface area (Å²) in [6.07, 6.45) is -0.710. The van der Waals surface area contributed by atoms with Gasteiger partial charge in [0.25, 0.3) is 0 Å². The standard InChI is InChI=1S/C11H12BrFO2/c1-2-10(14)11(15)6-7-5-8(12)3-4-9(7)13/h3-5,10,14H,2,6H2,1H3. The third-order valence-electron chi connectivity index (χ3n) is 2.13. The molecule has 0 spiro atoms. The molecule has 0 fully saturated rings. The van der Waals surface area contributed by atoms with Gasteiger partial charge in [-0.25, -0.2) is 4.39 Å². The fourth-order valence-electron chi connectivity index (χ4n) is 1.21. The first-order chi connectivity index (χ1) is 7.04. The first-order valence-electron chi connectivity index (χ1n) is 4.69. The highest BCUT2D eigenvalue weighted by Gasteiger charge is 2.15. The van der Waals surface area contributed by atoms with Crippen LogP contribution in [0.1, 0.15) is 18.9 Å². The molecule has 1 atom stereocenters. The maximum atomic E-state index is 13.2. The van der Waals surface area contributed by atoms with Gasteiger partial charge in [0.1, 0.15) is 11.9 Å². The molecule has 1 unspecified atom stereocenters. The Morgan fingerprint density at radius 2 is 2.27 bits per heavy atom. The van der Waals surface area contributed by atoms with E-state index in [-0.39, 0.29) is 12.2 Å². The Morgan fingerprint density at radius 1 is 1.60 bits per heavy atom. The van der Waals surface area contributed by atoms with E-state index in [1.807, 2.05) is 0 Å². The van der Waals surface area contributed by atoms with Crippen LogP contribution in [0.2, 0.25) is 0 Å². The molecule has 0 radical (unpaired) electrons. The largest absolute Gasteiger partial charge is 0.385 e. The van der Waals surface area contributed by atoms with Gasteiger partial charge in [0, 0.05) is 10.9 Å². The van der Waals surface area contributed by atoms with E-state index in [1.165, 1.54) is 6.07 Å². The Hall–Kier alpha value is -0.740. The molecule has 4 heteroatoms. The summed E-state index contributed by atoms with van der Waals surface area (Å²) in [6.45, 7) is 1.71. The van der Waals surface area contributed by atoms with Crippen molar-refractivity contribution < 1.29 is 14.3 Å². The predicted octanol–water partition coefficient (Wildman–Crippen LogP) is 2.47. The molecule has 2 nitrogen and oxygen atoms in total. The van der Waals surface area contributed by atoms with Crippen molar-refractivity contribution in [2.24, 2.45) is 0 Å². The lowest BCUT2D eigenvalue weighted by Gasteiger charge is -2.07. The van der Waals surface area contributed by atoms with Gasteiger partial charge in [0.15, 0.2) is 5.78 Å². The number of halogens is 2. The van der Waals surface area contributed by atoms with Crippen LogP contribution in [0.5, 0.6) is 0 Å². The van der Waals surface area contributed by atoms with Crippen molar-refractivity contribution in [2.45, 2.75) is 25.9 Å². The summed E-state index contributed by atoms with van der Waals surface area (Å²) >= 11 is 3.20. The molecule has 0 saturated heterocycles. The number of aliphatic hydroxyl groups is 1. The lowest BCUT2D eigenvalue weighted by molar-refractivity contribution is -0.126. The van der Waals surface area contributed by atoms with Gasteiger partial charge >= 0.3 is 0 Å². The van der Waals surface area contributed by atoms with Crippen molar-refractivity contribution >= 4 is 21.7 Å². The van der Waals surface area contributed by atoms with Crippen molar-refractivity contribution in [3.8, 4) is 0 Å². The highest BCUT2D eigenvalue weighted by atomic mass is 79.9. The number of benzene rings is 1. The van der Waals surface area contributed by atoms with E-state index in [9.17, 15) is 14.3 Å². The van der Waals surface area contributed by atoms with Gasteiger partial charge < -0.3 is 5.11 Å². The Balaban J connectivity index is 2.80. The van der Waals surface area contributed by atoms with Gasteiger partial charge in [0.05, 0.1) is 0 Å². The van der Waals surface area contributed by atoms with E-state index < -0.39 is 11.9 Å². The summed E-state index contributed by atoms with van der Waals surface area (Å²) in [4.78, 5) is 11.4. The maximum absolute atomic E-state index is 13.2. The van der Waals surface area contributed by atoms with Gasteiger partial charge in [-0.1, -0.05) is 22.9 Å². The summed E-state index contributed by atoms with van der Waals surface area (Å²) in [7, 11) is 0. The first-order valence-corrected chi connectivity index (χ1v) is 5.48. The predicted molar refractivity (Wildman–Crippen MR) is 59.1 cm³/mol. The molecule has 0 bridgehead atoms.